The van der Waals surface area contributed by atoms with Crippen LogP contribution in [0.2, 0.25) is 0 Å². The fraction of sp³-hybridized carbons (Fsp3) is 0.930. The van der Waals surface area contributed by atoms with Crippen LogP contribution < -0.4 is 5.32 Å². The SMILES string of the molecule is CCCCCCCC/C=C/CCCCCCCCCCCC(=O)OC(CCCCCCCCCCCCCCCC)CC(=O)NC(CO)C(O)CCCCCCCCCCCCC. The fourth-order valence-corrected chi connectivity index (χ4v) is 9.02. The molecule has 0 aromatic rings. The standard InChI is InChI=1S/C57H111NO5/c1-4-7-10-13-16-19-22-24-26-27-28-29-30-32-35-38-41-44-47-50-57(62)63-53(48-45-42-39-36-34-31-25-23-20-17-14-11-8-5-2)51-56(61)58-54(52-59)55(60)49-46-43-40-37-33-21-18-15-12-9-6-3/h24,26,53-55,59-60H,4-23,25,27-52H2,1-3H3,(H,58,61)/b26-24+. The number of carbonyl (C=O) groups is 2. The monoisotopic (exact) mass is 890 g/mol. The van der Waals surface area contributed by atoms with E-state index in [4.69, 9.17) is 4.74 Å². The van der Waals surface area contributed by atoms with E-state index in [-0.39, 0.29) is 24.9 Å². The minimum absolute atomic E-state index is 0.0847. The van der Waals surface area contributed by atoms with Gasteiger partial charge in [0.1, 0.15) is 6.10 Å². The molecule has 374 valence electrons. The summed E-state index contributed by atoms with van der Waals surface area (Å²) < 4.78 is 5.96. The lowest BCUT2D eigenvalue weighted by molar-refractivity contribution is -0.151. The van der Waals surface area contributed by atoms with Crippen molar-refractivity contribution in [2.75, 3.05) is 6.61 Å². The lowest BCUT2D eigenvalue weighted by Crippen LogP contribution is -2.46. The molecule has 0 aliphatic heterocycles. The molecule has 0 rings (SSSR count). The summed E-state index contributed by atoms with van der Waals surface area (Å²) >= 11 is 0. The molecule has 3 atom stereocenters. The molecule has 1 amide bonds. The zero-order chi connectivity index (χ0) is 45.9. The number of hydrogen-bond acceptors (Lipinski definition) is 5. The van der Waals surface area contributed by atoms with Crippen molar-refractivity contribution in [3.05, 3.63) is 12.2 Å². The Balaban J connectivity index is 4.47. The van der Waals surface area contributed by atoms with E-state index in [0.717, 1.165) is 44.9 Å². The first kappa shape index (κ1) is 61.6. The number of unbranched alkanes of at least 4 members (excludes halogenated alkanes) is 38. The maximum atomic E-state index is 13.2. The molecule has 0 saturated heterocycles. The molecule has 0 heterocycles. The summed E-state index contributed by atoms with van der Waals surface area (Å²) in [6, 6.07) is -0.695. The van der Waals surface area contributed by atoms with Gasteiger partial charge in [-0.15, -0.1) is 0 Å². The van der Waals surface area contributed by atoms with Gasteiger partial charge in [0.2, 0.25) is 5.91 Å². The van der Waals surface area contributed by atoms with E-state index >= 15 is 0 Å². The lowest BCUT2D eigenvalue weighted by atomic mass is 10.0. The molecule has 3 N–H and O–H groups in total. The van der Waals surface area contributed by atoms with E-state index in [1.165, 1.54) is 225 Å². The third kappa shape index (κ3) is 46.9. The Kier molecular flexibility index (Phi) is 50.4. The third-order valence-electron chi connectivity index (χ3n) is 13.3. The molecule has 0 saturated carbocycles. The highest BCUT2D eigenvalue weighted by Crippen LogP contribution is 2.19. The highest BCUT2D eigenvalue weighted by molar-refractivity contribution is 5.77. The van der Waals surface area contributed by atoms with Crippen LogP contribution in [-0.2, 0) is 14.3 Å². The third-order valence-corrected chi connectivity index (χ3v) is 13.3. The number of aliphatic hydroxyl groups is 2. The van der Waals surface area contributed by atoms with Crippen LogP contribution in [0.1, 0.15) is 316 Å². The van der Waals surface area contributed by atoms with Crippen molar-refractivity contribution in [3.63, 3.8) is 0 Å². The van der Waals surface area contributed by atoms with Gasteiger partial charge in [-0.2, -0.15) is 0 Å². The number of aliphatic hydroxyl groups excluding tert-OH is 2. The topological polar surface area (TPSA) is 95.9 Å². The number of allylic oxidation sites excluding steroid dienone is 2. The second-order valence-corrected chi connectivity index (χ2v) is 19.7. The van der Waals surface area contributed by atoms with Gasteiger partial charge in [0, 0.05) is 6.42 Å². The summed E-state index contributed by atoms with van der Waals surface area (Å²) in [6.45, 7) is 6.51. The zero-order valence-corrected chi connectivity index (χ0v) is 42.7. The van der Waals surface area contributed by atoms with Gasteiger partial charge in [0.05, 0.1) is 25.2 Å². The van der Waals surface area contributed by atoms with Crippen LogP contribution in [0.25, 0.3) is 0 Å². The van der Waals surface area contributed by atoms with Crippen molar-refractivity contribution >= 4 is 11.9 Å². The van der Waals surface area contributed by atoms with Gasteiger partial charge in [-0.25, -0.2) is 0 Å². The lowest BCUT2D eigenvalue weighted by Gasteiger charge is -2.24. The van der Waals surface area contributed by atoms with Gasteiger partial charge in [-0.05, 0) is 51.4 Å². The summed E-state index contributed by atoms with van der Waals surface area (Å²) in [5, 5.41) is 23.8. The average molecular weight is 891 g/mol. The molecule has 0 aromatic heterocycles. The van der Waals surface area contributed by atoms with E-state index in [1.807, 2.05) is 0 Å². The fourth-order valence-electron chi connectivity index (χ4n) is 9.02. The maximum Gasteiger partial charge on any atom is 0.306 e. The molecule has 0 aromatic carbocycles. The maximum absolute atomic E-state index is 13.2. The van der Waals surface area contributed by atoms with Gasteiger partial charge in [0.15, 0.2) is 0 Å². The summed E-state index contributed by atoms with van der Waals surface area (Å²) in [5.41, 5.74) is 0. The summed E-state index contributed by atoms with van der Waals surface area (Å²) in [6.07, 6.45) is 58.5. The van der Waals surface area contributed by atoms with Crippen molar-refractivity contribution < 1.29 is 24.5 Å². The Hall–Kier alpha value is -1.40. The van der Waals surface area contributed by atoms with E-state index in [0.29, 0.717) is 19.3 Å². The van der Waals surface area contributed by atoms with Gasteiger partial charge >= 0.3 is 5.97 Å². The van der Waals surface area contributed by atoms with Crippen molar-refractivity contribution in [2.24, 2.45) is 0 Å². The smallest absolute Gasteiger partial charge is 0.306 e. The normalized spacial score (nSPS) is 13.2. The van der Waals surface area contributed by atoms with E-state index in [9.17, 15) is 19.8 Å². The van der Waals surface area contributed by atoms with Crippen LogP contribution in [0.5, 0.6) is 0 Å². The predicted octanol–water partition coefficient (Wildman–Crippen LogP) is 17.3. The van der Waals surface area contributed by atoms with Crippen LogP contribution >= 0.6 is 0 Å². The molecule has 0 spiro atoms. The van der Waals surface area contributed by atoms with Gasteiger partial charge in [-0.3, -0.25) is 9.59 Å². The van der Waals surface area contributed by atoms with Crippen LogP contribution in [0.4, 0.5) is 0 Å². The summed E-state index contributed by atoms with van der Waals surface area (Å²) in [4.78, 5) is 26.2. The first-order valence-corrected chi connectivity index (χ1v) is 28.4. The van der Waals surface area contributed by atoms with E-state index in [1.54, 1.807) is 0 Å². The highest BCUT2D eigenvalue weighted by atomic mass is 16.5. The Bertz CT molecular complexity index is 955. The second-order valence-electron chi connectivity index (χ2n) is 19.7. The predicted molar refractivity (Wildman–Crippen MR) is 273 cm³/mol. The molecule has 6 nitrogen and oxygen atoms in total. The van der Waals surface area contributed by atoms with Crippen molar-refractivity contribution in [1.82, 2.24) is 5.32 Å². The van der Waals surface area contributed by atoms with Crippen LogP contribution in [0.3, 0.4) is 0 Å². The molecule has 0 aliphatic rings. The van der Waals surface area contributed by atoms with Crippen molar-refractivity contribution in [1.29, 1.82) is 0 Å². The highest BCUT2D eigenvalue weighted by Gasteiger charge is 2.24. The first-order valence-electron chi connectivity index (χ1n) is 28.4. The number of rotatable bonds is 52. The van der Waals surface area contributed by atoms with Crippen LogP contribution in [-0.4, -0.2) is 46.9 Å². The molecular formula is C57H111NO5. The van der Waals surface area contributed by atoms with Crippen molar-refractivity contribution in [3.8, 4) is 0 Å². The molecule has 3 unspecified atom stereocenters. The largest absolute Gasteiger partial charge is 0.462 e. The van der Waals surface area contributed by atoms with Gasteiger partial charge in [-0.1, -0.05) is 264 Å². The van der Waals surface area contributed by atoms with Crippen molar-refractivity contribution in [2.45, 2.75) is 334 Å². The quantitative estimate of drug-likeness (QED) is 0.0321. The molecule has 0 bridgehead atoms. The number of hydrogen-bond donors (Lipinski definition) is 3. The van der Waals surface area contributed by atoms with Gasteiger partial charge < -0.3 is 20.3 Å². The number of esters is 1. The average Bonchev–Trinajstić information content (AvgIpc) is 3.28. The first-order chi connectivity index (χ1) is 31.0. The van der Waals surface area contributed by atoms with Gasteiger partial charge in [0.25, 0.3) is 0 Å². The Morgan fingerprint density at radius 1 is 0.444 bits per heavy atom. The second kappa shape index (κ2) is 51.6. The molecule has 6 heteroatoms. The number of ether oxygens (including phenoxy) is 1. The molecule has 0 radical (unpaired) electrons. The molecule has 63 heavy (non-hydrogen) atoms. The van der Waals surface area contributed by atoms with E-state index in [2.05, 4.69) is 38.2 Å². The Morgan fingerprint density at radius 3 is 1.13 bits per heavy atom. The van der Waals surface area contributed by atoms with Crippen LogP contribution in [0.15, 0.2) is 12.2 Å². The number of amides is 1. The van der Waals surface area contributed by atoms with E-state index < -0.39 is 18.2 Å². The minimum atomic E-state index is -0.781. The molecular weight excluding hydrogens is 779 g/mol. The van der Waals surface area contributed by atoms with Crippen LogP contribution in [0, 0.1) is 0 Å². The molecule has 0 fully saturated rings. The Labute approximate surface area is 393 Å². The zero-order valence-electron chi connectivity index (χ0n) is 42.7. The number of carbonyl (C=O) groups excluding carboxylic acids is 2. The summed E-state index contributed by atoms with van der Waals surface area (Å²) in [7, 11) is 0. The Morgan fingerprint density at radius 2 is 0.762 bits per heavy atom. The molecule has 0 aliphatic carbocycles. The summed E-state index contributed by atoms with van der Waals surface area (Å²) in [5.74, 6) is -0.454. The minimum Gasteiger partial charge on any atom is -0.462 e. The number of nitrogens with one attached hydrogen (secondary N) is 1.